The third-order valence-electron chi connectivity index (χ3n) is 2.18. The van der Waals surface area contributed by atoms with Gasteiger partial charge in [-0.25, -0.2) is 0 Å². The summed E-state index contributed by atoms with van der Waals surface area (Å²) in [7, 11) is 1.55. The van der Waals surface area contributed by atoms with Gasteiger partial charge in [-0.15, -0.1) is 0 Å². The fraction of sp³-hybridized carbons (Fsp3) is 0.364. The SMILES string of the molecule is CO/N=C/c1cc(C)c(C)cc1C. The number of hydrogen-bond acceptors (Lipinski definition) is 2. The molecule has 0 radical (unpaired) electrons. The zero-order valence-corrected chi connectivity index (χ0v) is 8.59. The van der Waals surface area contributed by atoms with Crippen LogP contribution in [0.2, 0.25) is 0 Å². The lowest BCUT2D eigenvalue weighted by molar-refractivity contribution is 0.215. The summed E-state index contributed by atoms with van der Waals surface area (Å²) >= 11 is 0. The van der Waals surface area contributed by atoms with Gasteiger partial charge in [0, 0.05) is 0 Å². The summed E-state index contributed by atoms with van der Waals surface area (Å²) in [6.45, 7) is 6.28. The molecule has 0 unspecified atom stereocenters. The molecule has 0 aliphatic carbocycles. The maximum atomic E-state index is 4.64. The molecular weight excluding hydrogens is 162 g/mol. The molecule has 0 heterocycles. The number of oxime groups is 1. The summed E-state index contributed by atoms with van der Waals surface area (Å²) in [4.78, 5) is 4.64. The van der Waals surface area contributed by atoms with Crippen LogP contribution in [-0.2, 0) is 4.84 Å². The molecule has 0 saturated heterocycles. The average molecular weight is 177 g/mol. The summed E-state index contributed by atoms with van der Waals surface area (Å²) in [5, 5.41) is 3.75. The maximum absolute atomic E-state index is 4.64. The topological polar surface area (TPSA) is 21.6 Å². The summed E-state index contributed by atoms with van der Waals surface area (Å²) in [6.07, 6.45) is 1.74. The molecule has 0 amide bonds. The molecule has 0 aliphatic heterocycles. The van der Waals surface area contributed by atoms with Gasteiger partial charge >= 0.3 is 0 Å². The highest BCUT2D eigenvalue weighted by atomic mass is 16.6. The molecule has 70 valence electrons. The smallest absolute Gasteiger partial charge is 0.106 e. The Bertz CT molecular complexity index is 329. The van der Waals surface area contributed by atoms with Gasteiger partial charge in [-0.1, -0.05) is 11.2 Å². The molecule has 0 bridgehead atoms. The van der Waals surface area contributed by atoms with E-state index in [1.54, 1.807) is 13.3 Å². The van der Waals surface area contributed by atoms with Crippen molar-refractivity contribution >= 4 is 6.21 Å². The third-order valence-corrected chi connectivity index (χ3v) is 2.18. The van der Waals surface area contributed by atoms with Crippen molar-refractivity contribution in [3.8, 4) is 0 Å². The van der Waals surface area contributed by atoms with Crippen LogP contribution in [-0.4, -0.2) is 13.3 Å². The second-order valence-electron chi connectivity index (χ2n) is 3.21. The molecule has 1 rings (SSSR count). The minimum atomic E-state index is 1.12. The fourth-order valence-electron chi connectivity index (χ4n) is 1.23. The van der Waals surface area contributed by atoms with Gasteiger partial charge in [0.15, 0.2) is 0 Å². The molecule has 0 aromatic heterocycles. The van der Waals surface area contributed by atoms with Gasteiger partial charge in [0.25, 0.3) is 0 Å². The highest BCUT2D eigenvalue weighted by Crippen LogP contribution is 2.13. The monoisotopic (exact) mass is 177 g/mol. The first kappa shape index (κ1) is 9.78. The normalized spacial score (nSPS) is 10.8. The van der Waals surface area contributed by atoms with E-state index >= 15 is 0 Å². The van der Waals surface area contributed by atoms with E-state index in [0.29, 0.717) is 0 Å². The number of aryl methyl sites for hydroxylation is 3. The van der Waals surface area contributed by atoms with E-state index in [4.69, 9.17) is 0 Å². The largest absolute Gasteiger partial charge is 0.399 e. The molecule has 1 aromatic carbocycles. The first-order valence-electron chi connectivity index (χ1n) is 4.29. The van der Waals surface area contributed by atoms with Gasteiger partial charge in [0.2, 0.25) is 0 Å². The quantitative estimate of drug-likeness (QED) is 0.502. The summed E-state index contributed by atoms with van der Waals surface area (Å²) in [5.41, 5.74) is 4.93. The summed E-state index contributed by atoms with van der Waals surface area (Å²) in [5.74, 6) is 0. The molecule has 0 atom stereocenters. The first-order chi connectivity index (χ1) is 6.15. The van der Waals surface area contributed by atoms with Crippen LogP contribution in [0.1, 0.15) is 22.3 Å². The lowest BCUT2D eigenvalue weighted by atomic mass is 10.0. The average Bonchev–Trinajstić information content (AvgIpc) is 2.09. The van der Waals surface area contributed by atoms with E-state index in [1.807, 2.05) is 0 Å². The van der Waals surface area contributed by atoms with Gasteiger partial charge < -0.3 is 4.84 Å². The molecule has 0 spiro atoms. The van der Waals surface area contributed by atoms with Crippen molar-refractivity contribution in [1.29, 1.82) is 0 Å². The standard InChI is InChI=1S/C11H15NO/c1-8-5-10(3)11(6-9(8)2)7-12-13-4/h5-7H,1-4H3/b12-7+. The Balaban J connectivity index is 3.08. The van der Waals surface area contributed by atoms with Crippen molar-refractivity contribution < 1.29 is 4.84 Å². The van der Waals surface area contributed by atoms with E-state index in [0.717, 1.165) is 5.56 Å². The molecule has 0 fully saturated rings. The molecule has 0 aliphatic rings. The van der Waals surface area contributed by atoms with Crippen molar-refractivity contribution in [2.45, 2.75) is 20.8 Å². The Morgan fingerprint density at radius 2 is 1.69 bits per heavy atom. The van der Waals surface area contributed by atoms with Crippen LogP contribution >= 0.6 is 0 Å². The van der Waals surface area contributed by atoms with Crippen LogP contribution in [0.5, 0.6) is 0 Å². The lowest BCUT2D eigenvalue weighted by Crippen LogP contribution is -1.91. The van der Waals surface area contributed by atoms with Crippen LogP contribution in [0.4, 0.5) is 0 Å². The van der Waals surface area contributed by atoms with Gasteiger partial charge in [0.1, 0.15) is 7.11 Å². The first-order valence-corrected chi connectivity index (χ1v) is 4.29. The lowest BCUT2D eigenvalue weighted by Gasteiger charge is -2.04. The van der Waals surface area contributed by atoms with Crippen molar-refractivity contribution in [3.63, 3.8) is 0 Å². The van der Waals surface area contributed by atoms with Gasteiger partial charge in [-0.05, 0) is 49.1 Å². The number of nitrogens with zero attached hydrogens (tertiary/aromatic N) is 1. The van der Waals surface area contributed by atoms with E-state index in [1.165, 1.54) is 16.7 Å². The molecule has 2 heteroatoms. The van der Waals surface area contributed by atoms with Gasteiger partial charge in [0.05, 0.1) is 6.21 Å². The Morgan fingerprint density at radius 1 is 1.08 bits per heavy atom. The second-order valence-corrected chi connectivity index (χ2v) is 3.21. The predicted octanol–water partition coefficient (Wildman–Crippen LogP) is 2.59. The van der Waals surface area contributed by atoms with Crippen LogP contribution in [0.25, 0.3) is 0 Å². The van der Waals surface area contributed by atoms with Crippen molar-refractivity contribution in [1.82, 2.24) is 0 Å². The second kappa shape index (κ2) is 4.08. The highest BCUT2D eigenvalue weighted by Gasteiger charge is 1.98. The molecule has 0 N–H and O–H groups in total. The van der Waals surface area contributed by atoms with Crippen LogP contribution in [0, 0.1) is 20.8 Å². The van der Waals surface area contributed by atoms with Gasteiger partial charge in [-0.3, -0.25) is 0 Å². The zero-order chi connectivity index (χ0) is 9.84. The number of benzene rings is 1. The Hall–Kier alpha value is -1.31. The predicted molar refractivity (Wildman–Crippen MR) is 55.3 cm³/mol. The molecule has 2 nitrogen and oxygen atoms in total. The number of hydrogen-bond donors (Lipinski definition) is 0. The van der Waals surface area contributed by atoms with Gasteiger partial charge in [-0.2, -0.15) is 0 Å². The highest BCUT2D eigenvalue weighted by molar-refractivity contribution is 5.81. The van der Waals surface area contributed by atoms with Crippen molar-refractivity contribution in [2.24, 2.45) is 5.16 Å². The van der Waals surface area contributed by atoms with Crippen LogP contribution in [0.3, 0.4) is 0 Å². The Kier molecular flexibility index (Phi) is 3.07. The fourth-order valence-corrected chi connectivity index (χ4v) is 1.23. The Morgan fingerprint density at radius 3 is 2.31 bits per heavy atom. The summed E-state index contributed by atoms with van der Waals surface area (Å²) in [6, 6.07) is 4.28. The molecular formula is C11H15NO. The van der Waals surface area contributed by atoms with E-state index < -0.39 is 0 Å². The van der Waals surface area contributed by atoms with Crippen molar-refractivity contribution in [2.75, 3.05) is 7.11 Å². The van der Waals surface area contributed by atoms with E-state index in [9.17, 15) is 0 Å². The van der Waals surface area contributed by atoms with Crippen LogP contribution in [0.15, 0.2) is 17.3 Å². The van der Waals surface area contributed by atoms with Crippen molar-refractivity contribution in [3.05, 3.63) is 34.4 Å². The van der Waals surface area contributed by atoms with E-state index in [2.05, 4.69) is 42.9 Å². The third kappa shape index (κ3) is 2.31. The maximum Gasteiger partial charge on any atom is 0.106 e. The molecule has 0 saturated carbocycles. The Labute approximate surface area is 79.2 Å². The minimum Gasteiger partial charge on any atom is -0.399 e. The van der Waals surface area contributed by atoms with Crippen LogP contribution < -0.4 is 0 Å². The minimum absolute atomic E-state index is 1.12. The molecule has 1 aromatic rings. The van der Waals surface area contributed by atoms with E-state index in [-0.39, 0.29) is 0 Å². The zero-order valence-electron chi connectivity index (χ0n) is 8.59. The number of rotatable bonds is 2. The summed E-state index contributed by atoms with van der Waals surface area (Å²) < 4.78 is 0. The molecule has 13 heavy (non-hydrogen) atoms.